The smallest absolute Gasteiger partial charge is 0.224 e. The molecule has 0 unspecified atom stereocenters. The third-order valence-electron chi connectivity index (χ3n) is 4.92. The van der Waals surface area contributed by atoms with Crippen molar-refractivity contribution in [2.45, 2.75) is 31.8 Å². The Kier molecular flexibility index (Phi) is 6.69. The Labute approximate surface area is 164 Å². The molecule has 1 aliphatic rings. The van der Waals surface area contributed by atoms with E-state index >= 15 is 0 Å². The van der Waals surface area contributed by atoms with Gasteiger partial charge in [-0.25, -0.2) is 4.39 Å². The van der Waals surface area contributed by atoms with Gasteiger partial charge in [-0.1, -0.05) is 17.7 Å². The Balaban J connectivity index is 1.49. The van der Waals surface area contributed by atoms with Gasteiger partial charge in [-0.3, -0.25) is 4.79 Å². The molecule has 0 atom stereocenters. The van der Waals surface area contributed by atoms with E-state index in [1.807, 2.05) is 24.3 Å². The van der Waals surface area contributed by atoms with E-state index in [2.05, 4.69) is 10.2 Å². The Hall–Kier alpha value is -2.11. The summed E-state index contributed by atoms with van der Waals surface area (Å²) in [6, 6.07) is 12.5. The fourth-order valence-electron chi connectivity index (χ4n) is 3.28. The SMILES string of the molecule is COC1CCN(c2ccc(NC(=O)CCc3ccc(Cl)c(F)c3)cc2)CC1. The number of hydrogen-bond acceptors (Lipinski definition) is 3. The lowest BCUT2D eigenvalue weighted by atomic mass is 10.1. The van der Waals surface area contributed by atoms with Crippen molar-refractivity contribution in [3.63, 3.8) is 0 Å². The molecule has 27 heavy (non-hydrogen) atoms. The van der Waals surface area contributed by atoms with E-state index < -0.39 is 5.82 Å². The first-order valence-corrected chi connectivity index (χ1v) is 9.54. The van der Waals surface area contributed by atoms with Crippen LogP contribution in [0, 0.1) is 5.82 Å². The zero-order valence-electron chi connectivity index (χ0n) is 15.4. The summed E-state index contributed by atoms with van der Waals surface area (Å²) in [5, 5.41) is 2.98. The highest BCUT2D eigenvalue weighted by Crippen LogP contribution is 2.23. The maximum atomic E-state index is 13.4. The molecular formula is C21H24ClFN2O2. The predicted octanol–water partition coefficient (Wildman–Crippen LogP) is 4.67. The minimum Gasteiger partial charge on any atom is -0.381 e. The summed E-state index contributed by atoms with van der Waals surface area (Å²) in [5.74, 6) is -0.557. The van der Waals surface area contributed by atoms with Crippen LogP contribution in [0.2, 0.25) is 5.02 Å². The van der Waals surface area contributed by atoms with Crippen molar-refractivity contribution in [2.75, 3.05) is 30.4 Å². The minimum atomic E-state index is -0.459. The summed E-state index contributed by atoms with van der Waals surface area (Å²) in [6.07, 6.45) is 3.16. The number of ether oxygens (including phenoxy) is 1. The molecule has 1 saturated heterocycles. The number of nitrogens with zero attached hydrogens (tertiary/aromatic N) is 1. The van der Waals surface area contributed by atoms with Gasteiger partial charge >= 0.3 is 0 Å². The van der Waals surface area contributed by atoms with Gasteiger partial charge in [-0.05, 0) is 61.2 Å². The van der Waals surface area contributed by atoms with Crippen molar-refractivity contribution in [3.05, 3.63) is 58.9 Å². The molecule has 0 spiro atoms. The van der Waals surface area contributed by atoms with Crippen LogP contribution in [0.3, 0.4) is 0 Å². The molecule has 1 fully saturated rings. The molecule has 3 rings (SSSR count). The van der Waals surface area contributed by atoms with E-state index in [1.54, 1.807) is 13.2 Å². The van der Waals surface area contributed by atoms with Gasteiger partial charge in [-0.15, -0.1) is 0 Å². The largest absolute Gasteiger partial charge is 0.381 e. The van der Waals surface area contributed by atoms with Crippen LogP contribution in [0.1, 0.15) is 24.8 Å². The van der Waals surface area contributed by atoms with Gasteiger partial charge in [0.15, 0.2) is 0 Å². The molecule has 1 amide bonds. The number of aryl methyl sites for hydroxylation is 1. The lowest BCUT2D eigenvalue weighted by molar-refractivity contribution is -0.116. The molecule has 0 bridgehead atoms. The fourth-order valence-corrected chi connectivity index (χ4v) is 3.40. The molecule has 0 radical (unpaired) electrons. The molecule has 2 aromatic carbocycles. The third-order valence-corrected chi connectivity index (χ3v) is 5.22. The Morgan fingerprint density at radius 3 is 2.56 bits per heavy atom. The standard InChI is InChI=1S/C21H24ClFN2O2/c1-27-18-10-12-25(13-11-18)17-6-4-16(5-7-17)24-21(26)9-3-15-2-8-19(22)20(23)14-15/h2,4-8,14,18H,3,9-13H2,1H3,(H,24,26). The van der Waals surface area contributed by atoms with Crippen molar-refractivity contribution in [3.8, 4) is 0 Å². The van der Waals surface area contributed by atoms with Crippen LogP contribution in [-0.4, -0.2) is 32.2 Å². The van der Waals surface area contributed by atoms with Crippen LogP contribution in [0.4, 0.5) is 15.8 Å². The van der Waals surface area contributed by atoms with Crippen LogP contribution in [-0.2, 0) is 16.0 Å². The molecule has 0 saturated carbocycles. The van der Waals surface area contributed by atoms with E-state index in [0.717, 1.165) is 42.9 Å². The van der Waals surface area contributed by atoms with Crippen molar-refractivity contribution in [2.24, 2.45) is 0 Å². The first-order chi connectivity index (χ1) is 13.0. The van der Waals surface area contributed by atoms with E-state index in [4.69, 9.17) is 16.3 Å². The van der Waals surface area contributed by atoms with Crippen LogP contribution in [0.5, 0.6) is 0 Å². The predicted molar refractivity (Wildman–Crippen MR) is 107 cm³/mol. The first-order valence-electron chi connectivity index (χ1n) is 9.17. The topological polar surface area (TPSA) is 41.6 Å². The Bertz CT molecular complexity index is 774. The Morgan fingerprint density at radius 2 is 1.93 bits per heavy atom. The normalized spacial score (nSPS) is 15.0. The number of benzene rings is 2. The number of halogens is 2. The molecule has 0 aromatic heterocycles. The summed E-state index contributed by atoms with van der Waals surface area (Å²) < 4.78 is 18.8. The number of rotatable bonds is 6. The first kappa shape index (κ1) is 19.6. The van der Waals surface area contributed by atoms with Crippen LogP contribution in [0.25, 0.3) is 0 Å². The highest BCUT2D eigenvalue weighted by molar-refractivity contribution is 6.30. The molecule has 0 aliphatic carbocycles. The number of nitrogens with one attached hydrogen (secondary N) is 1. The summed E-state index contributed by atoms with van der Waals surface area (Å²) >= 11 is 5.67. The van der Waals surface area contributed by atoms with Crippen LogP contribution < -0.4 is 10.2 Å². The van der Waals surface area contributed by atoms with E-state index in [9.17, 15) is 9.18 Å². The lowest BCUT2D eigenvalue weighted by Crippen LogP contribution is -2.36. The molecule has 1 heterocycles. The summed E-state index contributed by atoms with van der Waals surface area (Å²) in [6.45, 7) is 1.95. The average molecular weight is 391 g/mol. The second-order valence-corrected chi connectivity index (χ2v) is 7.17. The zero-order valence-corrected chi connectivity index (χ0v) is 16.1. The number of methoxy groups -OCH3 is 1. The van der Waals surface area contributed by atoms with Gasteiger partial charge in [0.1, 0.15) is 5.82 Å². The summed E-state index contributed by atoms with van der Waals surface area (Å²) in [4.78, 5) is 14.5. The second kappa shape index (κ2) is 9.20. The van der Waals surface area contributed by atoms with Gasteiger partial charge in [0.2, 0.25) is 5.91 Å². The quantitative estimate of drug-likeness (QED) is 0.779. The lowest BCUT2D eigenvalue weighted by Gasteiger charge is -2.33. The molecular weight excluding hydrogens is 367 g/mol. The molecule has 144 valence electrons. The van der Waals surface area contributed by atoms with Gasteiger partial charge in [0.25, 0.3) is 0 Å². The number of carbonyl (C=O) groups is 1. The van der Waals surface area contributed by atoms with Crippen molar-refractivity contribution in [1.29, 1.82) is 0 Å². The molecule has 6 heteroatoms. The highest BCUT2D eigenvalue weighted by Gasteiger charge is 2.18. The van der Waals surface area contributed by atoms with Gasteiger partial charge in [-0.2, -0.15) is 0 Å². The number of piperidine rings is 1. The van der Waals surface area contributed by atoms with E-state index in [-0.39, 0.29) is 17.4 Å². The monoisotopic (exact) mass is 390 g/mol. The van der Waals surface area contributed by atoms with Crippen molar-refractivity contribution in [1.82, 2.24) is 0 Å². The minimum absolute atomic E-state index is 0.0923. The van der Waals surface area contributed by atoms with Crippen LogP contribution in [0.15, 0.2) is 42.5 Å². The highest BCUT2D eigenvalue weighted by atomic mass is 35.5. The van der Waals surface area contributed by atoms with Crippen molar-refractivity contribution < 1.29 is 13.9 Å². The van der Waals surface area contributed by atoms with E-state index in [0.29, 0.717) is 12.5 Å². The average Bonchev–Trinajstić information content (AvgIpc) is 2.69. The Morgan fingerprint density at radius 1 is 1.22 bits per heavy atom. The maximum Gasteiger partial charge on any atom is 0.224 e. The fraction of sp³-hybridized carbons (Fsp3) is 0.381. The van der Waals surface area contributed by atoms with Crippen LogP contribution >= 0.6 is 11.6 Å². The summed E-state index contributed by atoms with van der Waals surface area (Å²) in [7, 11) is 1.77. The zero-order chi connectivity index (χ0) is 19.2. The van der Waals surface area contributed by atoms with Gasteiger partial charge in [0, 0.05) is 38.0 Å². The molecule has 1 N–H and O–H groups in total. The number of hydrogen-bond donors (Lipinski definition) is 1. The number of amides is 1. The number of carbonyl (C=O) groups excluding carboxylic acids is 1. The summed E-state index contributed by atoms with van der Waals surface area (Å²) in [5.41, 5.74) is 2.67. The van der Waals surface area contributed by atoms with E-state index in [1.165, 1.54) is 12.1 Å². The number of anilines is 2. The molecule has 1 aliphatic heterocycles. The van der Waals surface area contributed by atoms with Gasteiger partial charge in [0.05, 0.1) is 11.1 Å². The third kappa shape index (κ3) is 5.44. The second-order valence-electron chi connectivity index (χ2n) is 6.77. The molecule has 2 aromatic rings. The maximum absolute atomic E-state index is 13.4. The van der Waals surface area contributed by atoms with Crippen molar-refractivity contribution >= 4 is 28.9 Å². The molecule has 4 nitrogen and oxygen atoms in total. The van der Waals surface area contributed by atoms with Gasteiger partial charge < -0.3 is 15.0 Å².